The van der Waals surface area contributed by atoms with Crippen LogP contribution in [-0.2, 0) is 4.74 Å². The molecule has 8 nitrogen and oxygen atoms in total. The molecule has 0 spiro atoms. The van der Waals surface area contributed by atoms with Gasteiger partial charge in [0.2, 0.25) is 0 Å². The molecule has 3 fully saturated rings. The molecule has 1 N–H and O–H groups in total. The van der Waals surface area contributed by atoms with Crippen molar-refractivity contribution in [1.29, 1.82) is 0 Å². The van der Waals surface area contributed by atoms with E-state index in [1.165, 1.54) is 30.5 Å². The summed E-state index contributed by atoms with van der Waals surface area (Å²) in [5.74, 6) is 1.26. The van der Waals surface area contributed by atoms with Crippen molar-refractivity contribution in [3.8, 4) is 35.4 Å². The van der Waals surface area contributed by atoms with Gasteiger partial charge in [-0.1, -0.05) is 12.0 Å². The third-order valence-electron chi connectivity index (χ3n) is 9.58. The number of pyridine rings is 1. The quantitative estimate of drug-likeness (QED) is 0.262. The number of aromatic hydroxyl groups is 1. The third kappa shape index (κ3) is 5.10. The highest BCUT2D eigenvalue weighted by Crippen LogP contribution is 2.42. The van der Waals surface area contributed by atoms with Gasteiger partial charge in [0.05, 0.1) is 29.1 Å². The Kier molecular flexibility index (Phi) is 7.66. The Morgan fingerprint density at radius 1 is 1.16 bits per heavy atom. The molecule has 3 aliphatic rings. The van der Waals surface area contributed by atoms with E-state index in [-0.39, 0.29) is 52.1 Å². The normalized spacial score (nSPS) is 23.5. The van der Waals surface area contributed by atoms with Gasteiger partial charge in [0, 0.05) is 43.8 Å². The van der Waals surface area contributed by atoms with E-state index in [4.69, 9.17) is 20.9 Å². The number of ether oxygens (including phenoxy) is 2. The lowest BCUT2D eigenvalue weighted by atomic mass is 9.95. The Balaban J connectivity index is 1.39. The highest BCUT2D eigenvalue weighted by molar-refractivity contribution is 6.03. The van der Waals surface area contributed by atoms with E-state index in [1.54, 1.807) is 7.11 Å². The molecule has 3 unspecified atom stereocenters. The number of nitrogens with zero attached hydrogens (tertiary/aromatic N) is 5. The summed E-state index contributed by atoms with van der Waals surface area (Å²) in [6.07, 6.45) is 11.2. The standard InChI is InChI=1S/C34H34F3N5O3/c1-3-24-27(36)9-8-20-13-23(43)14-25(28(20)24)30-29(37)31-26(16-38-30)32(42-12-5-4-7-22(42)18-44-2)40-33(39-31)45-19-34-10-6-11-41(34)17-21(35)15-34/h1,8-9,13-14,16,21-22,43H,4-7,10-12,15,17-19H2,2H3. The molecule has 3 aliphatic heterocycles. The van der Waals surface area contributed by atoms with Gasteiger partial charge in [-0.05, 0) is 62.2 Å². The minimum atomic E-state index is -0.925. The van der Waals surface area contributed by atoms with E-state index in [2.05, 4.69) is 25.7 Å². The van der Waals surface area contributed by atoms with Crippen LogP contribution in [0.15, 0.2) is 30.5 Å². The summed E-state index contributed by atoms with van der Waals surface area (Å²) in [5, 5.41) is 11.6. The number of rotatable bonds is 7. The summed E-state index contributed by atoms with van der Waals surface area (Å²) < 4.78 is 57.8. The number of methoxy groups -OCH3 is 1. The molecule has 5 heterocycles. The number of alkyl halides is 1. The number of phenolic OH excluding ortho intramolecular Hbond substituents is 1. The van der Waals surface area contributed by atoms with Crippen molar-refractivity contribution >= 4 is 27.5 Å². The minimum absolute atomic E-state index is 0.000316. The van der Waals surface area contributed by atoms with Crippen molar-refractivity contribution in [3.63, 3.8) is 0 Å². The average Bonchev–Trinajstić information content (AvgIpc) is 3.56. The monoisotopic (exact) mass is 617 g/mol. The van der Waals surface area contributed by atoms with E-state index in [0.29, 0.717) is 42.7 Å². The van der Waals surface area contributed by atoms with Gasteiger partial charge in [-0.25, -0.2) is 13.2 Å². The predicted octanol–water partition coefficient (Wildman–Crippen LogP) is 5.77. The predicted molar refractivity (Wildman–Crippen MR) is 165 cm³/mol. The molecule has 2 aromatic carbocycles. The van der Waals surface area contributed by atoms with Crippen LogP contribution in [0.1, 0.15) is 44.1 Å². The molecule has 0 bridgehead atoms. The summed E-state index contributed by atoms with van der Waals surface area (Å²) in [7, 11) is 1.65. The number of aromatic nitrogens is 3. The van der Waals surface area contributed by atoms with Gasteiger partial charge < -0.3 is 19.5 Å². The molecular weight excluding hydrogens is 583 g/mol. The molecule has 45 heavy (non-hydrogen) atoms. The van der Waals surface area contributed by atoms with Crippen molar-refractivity contribution in [2.24, 2.45) is 0 Å². The first kappa shape index (κ1) is 29.6. The van der Waals surface area contributed by atoms with Crippen LogP contribution in [-0.4, -0.2) is 82.7 Å². The van der Waals surface area contributed by atoms with Crippen LogP contribution in [0.4, 0.5) is 19.0 Å². The summed E-state index contributed by atoms with van der Waals surface area (Å²) >= 11 is 0. The lowest BCUT2D eigenvalue weighted by Gasteiger charge is -2.37. The lowest BCUT2D eigenvalue weighted by molar-refractivity contribution is 0.107. The molecule has 7 rings (SSSR count). The van der Waals surface area contributed by atoms with E-state index in [9.17, 15) is 13.9 Å². The SMILES string of the molecule is C#Cc1c(F)ccc2cc(O)cc(-c3ncc4c(N5CCCCC5COC)nc(OCC56CCCN5CC(F)C6)nc4c3F)c12. The number of piperidine rings is 1. The van der Waals surface area contributed by atoms with Gasteiger partial charge in [0.15, 0.2) is 5.82 Å². The minimum Gasteiger partial charge on any atom is -0.508 e. The highest BCUT2D eigenvalue weighted by atomic mass is 19.1. The summed E-state index contributed by atoms with van der Waals surface area (Å²) in [6, 6.07) is 5.43. The van der Waals surface area contributed by atoms with E-state index in [0.717, 1.165) is 38.6 Å². The van der Waals surface area contributed by atoms with Crippen molar-refractivity contribution in [2.75, 3.05) is 44.9 Å². The zero-order valence-electron chi connectivity index (χ0n) is 25.0. The zero-order chi connectivity index (χ0) is 31.3. The molecule has 4 aromatic rings. The molecular formula is C34H34F3N5O3. The molecule has 0 amide bonds. The molecule has 0 saturated carbocycles. The number of hydrogen-bond donors (Lipinski definition) is 1. The van der Waals surface area contributed by atoms with Crippen LogP contribution in [0.2, 0.25) is 0 Å². The van der Waals surface area contributed by atoms with Gasteiger partial charge in [-0.3, -0.25) is 9.88 Å². The Morgan fingerprint density at radius 2 is 2.02 bits per heavy atom. The smallest absolute Gasteiger partial charge is 0.319 e. The molecule has 11 heteroatoms. The maximum absolute atomic E-state index is 16.8. The molecule has 3 atom stereocenters. The number of fused-ring (bicyclic) bond motifs is 3. The zero-order valence-corrected chi connectivity index (χ0v) is 25.0. The summed E-state index contributed by atoms with van der Waals surface area (Å²) in [5.41, 5.74) is -0.554. The fourth-order valence-corrected chi connectivity index (χ4v) is 7.54. The number of benzene rings is 2. The number of hydrogen-bond acceptors (Lipinski definition) is 8. The molecule has 3 saturated heterocycles. The van der Waals surface area contributed by atoms with Crippen LogP contribution in [0, 0.1) is 24.0 Å². The topological polar surface area (TPSA) is 83.8 Å². The van der Waals surface area contributed by atoms with Crippen LogP contribution in [0.3, 0.4) is 0 Å². The number of anilines is 1. The Hall–Kier alpha value is -4.14. The van der Waals surface area contributed by atoms with Gasteiger partial charge in [-0.2, -0.15) is 9.97 Å². The Morgan fingerprint density at radius 3 is 2.84 bits per heavy atom. The van der Waals surface area contributed by atoms with Crippen molar-refractivity contribution in [1.82, 2.24) is 19.9 Å². The van der Waals surface area contributed by atoms with Gasteiger partial charge in [0.1, 0.15) is 41.4 Å². The van der Waals surface area contributed by atoms with Crippen molar-refractivity contribution in [2.45, 2.75) is 56.3 Å². The first-order chi connectivity index (χ1) is 21.8. The second kappa shape index (κ2) is 11.7. The number of terminal acetylenes is 1. The number of phenols is 1. The molecule has 2 aromatic heterocycles. The highest BCUT2D eigenvalue weighted by Gasteiger charge is 2.49. The van der Waals surface area contributed by atoms with Crippen LogP contribution >= 0.6 is 0 Å². The maximum atomic E-state index is 16.8. The van der Waals surface area contributed by atoms with Gasteiger partial charge >= 0.3 is 6.01 Å². The van der Waals surface area contributed by atoms with E-state index < -0.39 is 23.3 Å². The fourth-order valence-electron chi connectivity index (χ4n) is 7.54. The Labute approximate surface area is 259 Å². The first-order valence-corrected chi connectivity index (χ1v) is 15.4. The molecule has 0 aliphatic carbocycles. The maximum Gasteiger partial charge on any atom is 0.319 e. The molecule has 0 radical (unpaired) electrons. The average molecular weight is 618 g/mol. The summed E-state index contributed by atoms with van der Waals surface area (Å²) in [6.45, 7) is 2.50. The van der Waals surface area contributed by atoms with Crippen LogP contribution in [0.5, 0.6) is 11.8 Å². The van der Waals surface area contributed by atoms with Gasteiger partial charge in [0.25, 0.3) is 0 Å². The van der Waals surface area contributed by atoms with E-state index >= 15 is 4.39 Å². The van der Waals surface area contributed by atoms with Crippen molar-refractivity contribution < 1.29 is 27.8 Å². The number of halogens is 3. The summed E-state index contributed by atoms with van der Waals surface area (Å²) in [4.78, 5) is 18.1. The van der Waals surface area contributed by atoms with Crippen LogP contribution in [0.25, 0.3) is 32.9 Å². The lowest BCUT2D eigenvalue weighted by Crippen LogP contribution is -2.44. The van der Waals surface area contributed by atoms with Crippen molar-refractivity contribution in [3.05, 3.63) is 47.7 Å². The van der Waals surface area contributed by atoms with E-state index in [1.807, 2.05) is 0 Å². The Bertz CT molecular complexity index is 1830. The van der Waals surface area contributed by atoms with Crippen LogP contribution < -0.4 is 9.64 Å². The second-order valence-electron chi connectivity index (χ2n) is 12.3. The molecule has 234 valence electrons. The first-order valence-electron chi connectivity index (χ1n) is 15.4. The van der Waals surface area contributed by atoms with Gasteiger partial charge in [-0.15, -0.1) is 6.42 Å². The third-order valence-corrected chi connectivity index (χ3v) is 9.58. The fraction of sp³-hybridized carbons (Fsp3) is 0.441. The largest absolute Gasteiger partial charge is 0.508 e. The second-order valence-corrected chi connectivity index (χ2v) is 12.3.